The summed E-state index contributed by atoms with van der Waals surface area (Å²) >= 11 is 1.60. The van der Waals surface area contributed by atoms with Gasteiger partial charge in [0.25, 0.3) is 0 Å². The normalized spacial score (nSPS) is 23.7. The summed E-state index contributed by atoms with van der Waals surface area (Å²) in [5.41, 5.74) is 6.71. The van der Waals surface area contributed by atoms with Crippen molar-refractivity contribution >= 4 is 33.5 Å². The minimum Gasteiger partial charge on any atom is -0.493 e. The molecular formula is C37H43N5O4S. The molecule has 246 valence electrons. The van der Waals surface area contributed by atoms with Crippen LogP contribution in [0.25, 0.3) is 32.0 Å². The molecule has 10 heteroatoms. The Morgan fingerprint density at radius 2 is 1.94 bits per heavy atom. The summed E-state index contributed by atoms with van der Waals surface area (Å²) < 4.78 is 12.7. The fourth-order valence-electron chi connectivity index (χ4n) is 8.13. The van der Waals surface area contributed by atoms with Crippen LogP contribution in [0.1, 0.15) is 68.1 Å². The molecule has 6 bridgehead atoms. The Hall–Kier alpha value is -3.60. The third-order valence-corrected chi connectivity index (χ3v) is 11.9. The molecular weight excluding hydrogens is 611 g/mol. The first kappa shape index (κ1) is 30.7. The summed E-state index contributed by atoms with van der Waals surface area (Å²) in [5, 5.41) is 10.8. The summed E-state index contributed by atoms with van der Waals surface area (Å²) in [6.07, 6.45) is 8.66. The van der Waals surface area contributed by atoms with E-state index < -0.39 is 5.97 Å². The van der Waals surface area contributed by atoms with Crippen LogP contribution in [0.4, 0.5) is 5.95 Å². The molecule has 4 aromatic rings. The Kier molecular flexibility index (Phi) is 8.35. The second-order valence-corrected chi connectivity index (χ2v) is 15.0. The molecule has 4 aliphatic rings. The molecule has 2 fully saturated rings. The van der Waals surface area contributed by atoms with Crippen LogP contribution in [0.15, 0.2) is 36.5 Å². The van der Waals surface area contributed by atoms with E-state index in [4.69, 9.17) is 24.4 Å². The van der Waals surface area contributed by atoms with Crippen molar-refractivity contribution in [2.24, 2.45) is 5.92 Å². The molecule has 2 saturated heterocycles. The number of thiazole rings is 1. The number of aromatic nitrogens is 3. The Bertz CT molecular complexity index is 1810. The zero-order valence-electron chi connectivity index (χ0n) is 27.3. The van der Waals surface area contributed by atoms with Crippen molar-refractivity contribution in [2.75, 3.05) is 44.4 Å². The molecule has 4 aliphatic heterocycles. The number of benzene rings is 2. The van der Waals surface area contributed by atoms with Gasteiger partial charge in [0.15, 0.2) is 0 Å². The summed E-state index contributed by atoms with van der Waals surface area (Å²) in [6, 6.07) is 11.3. The molecule has 47 heavy (non-hydrogen) atoms. The predicted molar refractivity (Wildman–Crippen MR) is 185 cm³/mol. The Balaban J connectivity index is 1.26. The first-order chi connectivity index (χ1) is 22.9. The van der Waals surface area contributed by atoms with E-state index in [1.807, 2.05) is 25.3 Å². The molecule has 6 heterocycles. The van der Waals surface area contributed by atoms with E-state index in [0.717, 1.165) is 114 Å². The number of anilines is 1. The van der Waals surface area contributed by atoms with Gasteiger partial charge in [0.05, 0.1) is 42.5 Å². The molecule has 9 nitrogen and oxygen atoms in total. The van der Waals surface area contributed by atoms with Crippen LogP contribution >= 0.6 is 11.3 Å². The summed E-state index contributed by atoms with van der Waals surface area (Å²) in [7, 11) is 0. The lowest BCUT2D eigenvalue weighted by Crippen LogP contribution is -2.61. The van der Waals surface area contributed by atoms with Gasteiger partial charge in [0.1, 0.15) is 16.5 Å². The molecule has 0 saturated carbocycles. The minimum atomic E-state index is -0.836. The van der Waals surface area contributed by atoms with Crippen molar-refractivity contribution in [1.82, 2.24) is 19.9 Å². The smallest absolute Gasteiger partial charge is 0.307 e. The van der Waals surface area contributed by atoms with Crippen LogP contribution in [0.2, 0.25) is 0 Å². The van der Waals surface area contributed by atoms with Crippen molar-refractivity contribution in [3.63, 3.8) is 0 Å². The number of hydrogen-bond donors (Lipinski definition) is 1. The lowest BCUT2D eigenvalue weighted by atomic mass is 9.84. The summed E-state index contributed by atoms with van der Waals surface area (Å²) in [4.78, 5) is 32.3. The van der Waals surface area contributed by atoms with Crippen molar-refractivity contribution < 1.29 is 19.4 Å². The fraction of sp³-hybridized carbons (Fsp3) is 0.514. The zero-order valence-corrected chi connectivity index (χ0v) is 28.1. The van der Waals surface area contributed by atoms with E-state index in [9.17, 15) is 9.90 Å². The average Bonchev–Trinajstić information content (AvgIpc) is 3.45. The van der Waals surface area contributed by atoms with E-state index >= 15 is 0 Å². The highest BCUT2D eigenvalue weighted by atomic mass is 32.1. The second kappa shape index (κ2) is 12.8. The van der Waals surface area contributed by atoms with Gasteiger partial charge in [0, 0.05) is 37.4 Å². The van der Waals surface area contributed by atoms with E-state index in [2.05, 4.69) is 34.9 Å². The largest absolute Gasteiger partial charge is 0.493 e. The first-order valence-corrected chi connectivity index (χ1v) is 18.1. The molecule has 2 aromatic carbocycles. The first-order valence-electron chi connectivity index (χ1n) is 17.2. The van der Waals surface area contributed by atoms with Crippen LogP contribution in [0, 0.1) is 12.8 Å². The molecule has 0 aliphatic carbocycles. The summed E-state index contributed by atoms with van der Waals surface area (Å²) in [6.45, 7) is 9.69. The number of carboxylic acid groups (broad SMARTS) is 1. The highest BCUT2D eigenvalue weighted by molar-refractivity contribution is 7.22. The van der Waals surface area contributed by atoms with Crippen LogP contribution in [0.5, 0.6) is 5.75 Å². The Morgan fingerprint density at radius 1 is 1.06 bits per heavy atom. The van der Waals surface area contributed by atoms with Gasteiger partial charge in [0.2, 0.25) is 5.95 Å². The van der Waals surface area contributed by atoms with Crippen LogP contribution in [-0.4, -0.2) is 82.5 Å². The second-order valence-electron chi connectivity index (χ2n) is 14.0. The highest BCUT2D eigenvalue weighted by Crippen LogP contribution is 2.45. The fourth-order valence-corrected chi connectivity index (χ4v) is 9.24. The van der Waals surface area contributed by atoms with Crippen molar-refractivity contribution in [3.05, 3.63) is 53.2 Å². The minimum absolute atomic E-state index is 0.0441. The molecule has 0 amide bonds. The van der Waals surface area contributed by atoms with Gasteiger partial charge in [-0.3, -0.25) is 9.69 Å². The molecule has 3 unspecified atom stereocenters. The van der Waals surface area contributed by atoms with Crippen molar-refractivity contribution in [1.29, 1.82) is 0 Å². The van der Waals surface area contributed by atoms with Gasteiger partial charge < -0.3 is 19.5 Å². The van der Waals surface area contributed by atoms with E-state index in [1.165, 1.54) is 24.8 Å². The predicted octanol–water partition coefficient (Wildman–Crippen LogP) is 6.71. The molecule has 1 N–H and O–H groups in total. The number of piperazine rings is 1. The standard InChI is InChI=1S/C37H43N5O4S/c1-22-5-3-4-6-24-10-14-46-32-8-7-25(17-29(24)32)34-28(18-33(43)44)23(2)16-31-35(34)47-36(39-31)30-9-11-38-37(40-30)42-13-12-41(19-26(42)15-22)27-20-45-21-27/h7-9,11,16-17,22,24,26-27H,3-6,10,12-15,18-21H2,1-2H3,(H,43,44). The number of fused-ring (bicyclic) bond motifs is 8. The highest BCUT2D eigenvalue weighted by Gasteiger charge is 2.36. The maximum atomic E-state index is 12.2. The van der Waals surface area contributed by atoms with Crippen LogP contribution in [0.3, 0.4) is 0 Å². The number of carboxylic acids is 1. The van der Waals surface area contributed by atoms with E-state index in [-0.39, 0.29) is 6.42 Å². The Labute approximate surface area is 280 Å². The van der Waals surface area contributed by atoms with E-state index in [1.54, 1.807) is 11.3 Å². The maximum Gasteiger partial charge on any atom is 0.307 e. The summed E-state index contributed by atoms with van der Waals surface area (Å²) in [5.74, 6) is 1.92. The molecule has 8 rings (SSSR count). The van der Waals surface area contributed by atoms with Gasteiger partial charge >= 0.3 is 5.97 Å². The van der Waals surface area contributed by atoms with Gasteiger partial charge in [-0.15, -0.1) is 11.3 Å². The van der Waals surface area contributed by atoms with Gasteiger partial charge in [-0.1, -0.05) is 32.3 Å². The lowest BCUT2D eigenvalue weighted by molar-refractivity contribution is -0.136. The van der Waals surface area contributed by atoms with Crippen LogP contribution < -0.4 is 9.64 Å². The number of ether oxygens (including phenoxy) is 2. The van der Waals surface area contributed by atoms with Gasteiger partial charge in [-0.25, -0.2) is 15.0 Å². The Morgan fingerprint density at radius 3 is 2.77 bits per heavy atom. The zero-order chi connectivity index (χ0) is 32.1. The van der Waals surface area contributed by atoms with Crippen LogP contribution in [-0.2, 0) is 16.0 Å². The number of carbonyl (C=O) groups is 1. The number of hydrogen-bond acceptors (Lipinski definition) is 9. The lowest BCUT2D eigenvalue weighted by Gasteiger charge is -2.47. The molecule has 0 radical (unpaired) electrons. The van der Waals surface area contributed by atoms with Crippen molar-refractivity contribution in [2.45, 2.75) is 76.8 Å². The molecule has 3 atom stereocenters. The van der Waals surface area contributed by atoms with E-state index in [0.29, 0.717) is 23.9 Å². The number of nitrogens with zero attached hydrogens (tertiary/aromatic N) is 5. The maximum absolute atomic E-state index is 12.2. The van der Waals surface area contributed by atoms with Crippen molar-refractivity contribution in [3.8, 4) is 27.6 Å². The number of rotatable bonds is 3. The molecule has 0 spiro atoms. The quantitative estimate of drug-likeness (QED) is 0.259. The SMILES string of the molecule is Cc1cc2nc3sc2c(c1CC(=O)O)-c1ccc2c(c1)C(CCCCC(C)CC1CN(C4COC4)CCN1c1nccc-3n1)CCO2. The number of aliphatic carboxylic acids is 1. The number of aryl methyl sites for hydroxylation is 1. The third kappa shape index (κ3) is 6.00. The van der Waals surface area contributed by atoms with Gasteiger partial charge in [-0.2, -0.15) is 0 Å². The monoisotopic (exact) mass is 653 g/mol. The molecule has 2 aromatic heterocycles. The topological polar surface area (TPSA) is 101 Å². The van der Waals surface area contributed by atoms with Gasteiger partial charge in [-0.05, 0) is 84.5 Å². The third-order valence-electron chi connectivity index (χ3n) is 10.7. The average molecular weight is 654 g/mol.